The van der Waals surface area contributed by atoms with Crippen molar-refractivity contribution in [3.8, 4) is 0 Å². The van der Waals surface area contributed by atoms with E-state index < -0.39 is 10.1 Å². The first-order chi connectivity index (χ1) is 5.54. The van der Waals surface area contributed by atoms with Crippen LogP contribution in [0.15, 0.2) is 29.2 Å². The van der Waals surface area contributed by atoms with E-state index in [0.717, 1.165) is 0 Å². The van der Waals surface area contributed by atoms with Crippen molar-refractivity contribution in [3.05, 3.63) is 29.8 Å². The minimum Gasteiger partial charge on any atom is -0.298 e. The maximum absolute atomic E-state index is 10.5. The van der Waals surface area contributed by atoms with Gasteiger partial charge in [-0.15, -0.1) is 12.4 Å². The van der Waals surface area contributed by atoms with Crippen LogP contribution in [0.5, 0.6) is 0 Å². The molecular formula is C7H7ClO4S. The van der Waals surface area contributed by atoms with Crippen molar-refractivity contribution in [2.24, 2.45) is 0 Å². The molecule has 0 radical (unpaired) electrons. The maximum atomic E-state index is 10.5. The fourth-order valence-corrected chi connectivity index (χ4v) is 1.20. The van der Waals surface area contributed by atoms with Crippen LogP contribution in [0, 0.1) is 0 Å². The maximum Gasteiger partial charge on any atom is 0.294 e. The molecule has 1 N–H and O–H groups in total. The first-order valence-corrected chi connectivity index (χ1v) is 4.51. The third kappa shape index (κ3) is 3.14. The summed E-state index contributed by atoms with van der Waals surface area (Å²) in [6.45, 7) is 0. The van der Waals surface area contributed by atoms with Crippen molar-refractivity contribution in [3.63, 3.8) is 0 Å². The minimum atomic E-state index is -4.14. The van der Waals surface area contributed by atoms with Crippen LogP contribution in [-0.2, 0) is 10.1 Å². The number of halogens is 1. The number of carbonyl (C=O) groups excluding carboxylic acids is 1. The highest BCUT2D eigenvalue weighted by Gasteiger charge is 2.07. The summed E-state index contributed by atoms with van der Waals surface area (Å²) in [6, 6.07) is 4.96. The molecule has 1 aromatic carbocycles. The molecular weight excluding hydrogens is 216 g/mol. The molecule has 0 amide bonds. The van der Waals surface area contributed by atoms with Crippen molar-refractivity contribution in [1.29, 1.82) is 0 Å². The van der Waals surface area contributed by atoms with E-state index >= 15 is 0 Å². The summed E-state index contributed by atoms with van der Waals surface area (Å²) < 4.78 is 29.5. The number of hydrogen-bond acceptors (Lipinski definition) is 3. The van der Waals surface area contributed by atoms with Crippen LogP contribution in [0.4, 0.5) is 0 Å². The highest BCUT2D eigenvalue weighted by atomic mass is 35.5. The quantitative estimate of drug-likeness (QED) is 0.602. The third-order valence-electron chi connectivity index (χ3n) is 1.31. The minimum absolute atomic E-state index is 0. The molecule has 0 spiro atoms. The lowest BCUT2D eigenvalue weighted by molar-refractivity contribution is 0.112. The average Bonchev–Trinajstić information content (AvgIpc) is 2.03. The Morgan fingerprint density at radius 2 is 1.62 bits per heavy atom. The van der Waals surface area contributed by atoms with Crippen LogP contribution in [0.2, 0.25) is 0 Å². The van der Waals surface area contributed by atoms with Crippen molar-refractivity contribution in [1.82, 2.24) is 0 Å². The Labute approximate surface area is 81.7 Å². The number of benzene rings is 1. The molecule has 6 heteroatoms. The molecule has 0 unspecified atom stereocenters. The Balaban J connectivity index is 0.00000144. The molecule has 0 saturated carbocycles. The topological polar surface area (TPSA) is 71.4 Å². The molecule has 4 nitrogen and oxygen atoms in total. The second kappa shape index (κ2) is 4.36. The Morgan fingerprint density at radius 1 is 1.15 bits per heavy atom. The molecule has 72 valence electrons. The van der Waals surface area contributed by atoms with Crippen LogP contribution in [0.25, 0.3) is 0 Å². The molecule has 0 fully saturated rings. The van der Waals surface area contributed by atoms with Gasteiger partial charge in [-0.3, -0.25) is 9.35 Å². The number of carbonyl (C=O) groups is 1. The zero-order valence-corrected chi connectivity index (χ0v) is 8.01. The SMILES string of the molecule is Cl.O=Cc1ccc(S(=O)(=O)O)cc1. The summed E-state index contributed by atoms with van der Waals surface area (Å²) in [5.41, 5.74) is 0.363. The highest BCUT2D eigenvalue weighted by Crippen LogP contribution is 2.08. The van der Waals surface area contributed by atoms with E-state index in [4.69, 9.17) is 4.55 Å². The van der Waals surface area contributed by atoms with Crippen LogP contribution < -0.4 is 0 Å². The van der Waals surface area contributed by atoms with Gasteiger partial charge in [-0.25, -0.2) is 0 Å². The van der Waals surface area contributed by atoms with Gasteiger partial charge in [0.2, 0.25) is 0 Å². The van der Waals surface area contributed by atoms with Crippen LogP contribution in [0.1, 0.15) is 10.4 Å². The van der Waals surface area contributed by atoms with Gasteiger partial charge in [0.1, 0.15) is 6.29 Å². The van der Waals surface area contributed by atoms with Gasteiger partial charge < -0.3 is 0 Å². The van der Waals surface area contributed by atoms with E-state index in [-0.39, 0.29) is 17.3 Å². The molecule has 1 rings (SSSR count). The molecule has 13 heavy (non-hydrogen) atoms. The average molecular weight is 223 g/mol. The van der Waals surface area contributed by atoms with Crippen molar-refractivity contribution < 1.29 is 17.8 Å². The van der Waals surface area contributed by atoms with Gasteiger partial charge in [-0.2, -0.15) is 8.42 Å². The molecule has 0 bridgehead atoms. The van der Waals surface area contributed by atoms with Gasteiger partial charge in [0, 0.05) is 5.56 Å². The number of rotatable bonds is 2. The molecule has 0 heterocycles. The van der Waals surface area contributed by atoms with E-state index in [0.29, 0.717) is 11.8 Å². The van der Waals surface area contributed by atoms with Gasteiger partial charge in [0.15, 0.2) is 0 Å². The van der Waals surface area contributed by atoms with Gasteiger partial charge >= 0.3 is 0 Å². The monoisotopic (exact) mass is 222 g/mol. The van der Waals surface area contributed by atoms with Gasteiger partial charge in [-0.1, -0.05) is 12.1 Å². The van der Waals surface area contributed by atoms with Gasteiger partial charge in [-0.05, 0) is 12.1 Å². The molecule has 1 aromatic rings. The van der Waals surface area contributed by atoms with Crippen LogP contribution in [-0.4, -0.2) is 19.3 Å². The molecule has 0 aliphatic heterocycles. The lowest BCUT2D eigenvalue weighted by Crippen LogP contribution is -1.97. The fourth-order valence-electron chi connectivity index (χ4n) is 0.718. The first-order valence-electron chi connectivity index (χ1n) is 3.07. The summed E-state index contributed by atoms with van der Waals surface area (Å²) in [5.74, 6) is 0. The summed E-state index contributed by atoms with van der Waals surface area (Å²) >= 11 is 0. The highest BCUT2D eigenvalue weighted by molar-refractivity contribution is 7.85. The smallest absolute Gasteiger partial charge is 0.294 e. The molecule has 0 aliphatic carbocycles. The predicted octanol–water partition coefficient (Wildman–Crippen LogP) is 1.17. The van der Waals surface area contributed by atoms with Crippen LogP contribution >= 0.6 is 12.4 Å². The van der Waals surface area contributed by atoms with Crippen molar-refractivity contribution in [2.75, 3.05) is 0 Å². The van der Waals surface area contributed by atoms with Crippen molar-refractivity contribution >= 4 is 28.8 Å². The Hall–Kier alpha value is -0.910. The van der Waals surface area contributed by atoms with Gasteiger partial charge in [0.05, 0.1) is 4.90 Å². The summed E-state index contributed by atoms with van der Waals surface area (Å²) in [4.78, 5) is 9.94. The Morgan fingerprint density at radius 3 is 1.92 bits per heavy atom. The lowest BCUT2D eigenvalue weighted by Gasteiger charge is -1.95. The predicted molar refractivity (Wildman–Crippen MR) is 48.9 cm³/mol. The molecule has 0 aliphatic rings. The fraction of sp³-hybridized carbons (Fsp3) is 0. The normalized spacial score (nSPS) is 10.2. The third-order valence-corrected chi connectivity index (χ3v) is 2.18. The first kappa shape index (κ1) is 12.1. The molecule has 0 atom stereocenters. The van der Waals surface area contributed by atoms with E-state index in [1.165, 1.54) is 24.3 Å². The summed E-state index contributed by atoms with van der Waals surface area (Å²) in [5, 5.41) is 0. The number of hydrogen-bond donors (Lipinski definition) is 1. The zero-order chi connectivity index (χ0) is 9.19. The largest absolute Gasteiger partial charge is 0.298 e. The van der Waals surface area contributed by atoms with E-state index in [9.17, 15) is 13.2 Å². The molecule has 0 saturated heterocycles. The van der Waals surface area contributed by atoms with Crippen LogP contribution in [0.3, 0.4) is 0 Å². The molecule has 0 aromatic heterocycles. The van der Waals surface area contributed by atoms with Crippen molar-refractivity contribution in [2.45, 2.75) is 4.90 Å². The summed E-state index contributed by atoms with van der Waals surface area (Å²) in [7, 11) is -4.14. The van der Waals surface area contributed by atoms with E-state index in [2.05, 4.69) is 0 Å². The second-order valence-corrected chi connectivity index (χ2v) is 3.58. The number of aldehydes is 1. The second-order valence-electron chi connectivity index (χ2n) is 2.16. The van der Waals surface area contributed by atoms with E-state index in [1.807, 2.05) is 0 Å². The van der Waals surface area contributed by atoms with E-state index in [1.54, 1.807) is 0 Å². The zero-order valence-electron chi connectivity index (χ0n) is 6.38. The standard InChI is InChI=1S/C7H6O4S.ClH/c8-5-6-1-3-7(4-2-6)12(9,10)11;/h1-5H,(H,9,10,11);1H. The Kier molecular flexibility index (Phi) is 4.06. The van der Waals surface area contributed by atoms with Gasteiger partial charge in [0.25, 0.3) is 10.1 Å². The summed E-state index contributed by atoms with van der Waals surface area (Å²) in [6.07, 6.45) is 0.591. The lowest BCUT2D eigenvalue weighted by atomic mass is 10.2. The Bertz CT molecular complexity index is 381.